The normalized spacial score (nSPS) is 13.8. The zero-order valence-corrected chi connectivity index (χ0v) is 37.0. The van der Waals surface area contributed by atoms with Gasteiger partial charge in [0.15, 0.2) is 6.29 Å². The molecule has 5 heteroatoms. The molecule has 0 saturated heterocycles. The van der Waals surface area contributed by atoms with Crippen LogP contribution in [-0.2, 0) is 9.47 Å². The quantitative estimate of drug-likeness (QED) is 0.0479. The Balaban J connectivity index is 4.05. The summed E-state index contributed by atoms with van der Waals surface area (Å²) in [6.45, 7) is 15.4. The van der Waals surface area contributed by atoms with Crippen LogP contribution in [0.4, 0.5) is 0 Å². The first-order valence-corrected chi connectivity index (χ1v) is 24.3. The maximum absolute atomic E-state index is 10.4. The van der Waals surface area contributed by atoms with Crippen LogP contribution in [0.2, 0.25) is 0 Å². The highest BCUT2D eigenvalue weighted by atomic mass is 16.6. The third-order valence-electron chi connectivity index (χ3n) is 11.5. The summed E-state index contributed by atoms with van der Waals surface area (Å²) >= 11 is 0. The molecule has 0 saturated carbocycles. The highest BCUT2D eigenvalue weighted by molar-refractivity contribution is 4.65. The Bertz CT molecular complexity index is 662. The monoisotopic (exact) mass is 754 g/mol. The Kier molecular flexibility index (Phi) is 42.8. The first kappa shape index (κ1) is 52.8. The van der Waals surface area contributed by atoms with Crippen LogP contribution in [0.5, 0.6) is 0 Å². The van der Waals surface area contributed by atoms with Gasteiger partial charge in [-0.3, -0.25) is 0 Å². The molecule has 3 atom stereocenters. The lowest BCUT2D eigenvalue weighted by molar-refractivity contribution is -0.115. The van der Waals surface area contributed by atoms with Crippen molar-refractivity contribution in [2.45, 2.75) is 271 Å². The fourth-order valence-corrected chi connectivity index (χ4v) is 8.03. The van der Waals surface area contributed by atoms with Gasteiger partial charge in [0.25, 0.3) is 0 Å². The SMILES string of the molecule is CCCCCCCCC(CCCCCCCC)OC(C)CCCCCCCN(CCO)CCCCCCCC(O)OCC(CCC)CCCCCCC. The number of hydrogen-bond donors (Lipinski definition) is 2. The van der Waals surface area contributed by atoms with Crippen LogP contribution < -0.4 is 0 Å². The number of ether oxygens (including phenoxy) is 2. The van der Waals surface area contributed by atoms with Gasteiger partial charge in [-0.1, -0.05) is 188 Å². The van der Waals surface area contributed by atoms with Gasteiger partial charge in [0, 0.05) is 6.54 Å². The van der Waals surface area contributed by atoms with E-state index in [2.05, 4.69) is 39.5 Å². The summed E-state index contributed by atoms with van der Waals surface area (Å²) in [4.78, 5) is 2.47. The molecule has 2 N–H and O–H groups in total. The van der Waals surface area contributed by atoms with Crippen LogP contribution in [0.3, 0.4) is 0 Å². The summed E-state index contributed by atoms with van der Waals surface area (Å²) in [6.07, 6.45) is 43.8. The molecule has 320 valence electrons. The zero-order chi connectivity index (χ0) is 38.9. The van der Waals surface area contributed by atoms with Crippen LogP contribution in [-0.4, -0.2) is 66.5 Å². The minimum Gasteiger partial charge on any atom is -0.395 e. The van der Waals surface area contributed by atoms with Crippen LogP contribution in [0.15, 0.2) is 0 Å². The average Bonchev–Trinajstić information content (AvgIpc) is 3.15. The molecule has 0 fully saturated rings. The smallest absolute Gasteiger partial charge is 0.154 e. The van der Waals surface area contributed by atoms with E-state index < -0.39 is 6.29 Å². The molecule has 0 aliphatic heterocycles. The summed E-state index contributed by atoms with van der Waals surface area (Å²) in [5.74, 6) is 0.601. The Labute approximate surface area is 333 Å². The fourth-order valence-electron chi connectivity index (χ4n) is 8.03. The molecule has 0 aromatic carbocycles. The summed E-state index contributed by atoms with van der Waals surface area (Å²) in [5.41, 5.74) is 0. The van der Waals surface area contributed by atoms with E-state index in [0.29, 0.717) is 18.1 Å². The topological polar surface area (TPSA) is 62.2 Å². The van der Waals surface area contributed by atoms with Crippen molar-refractivity contribution in [2.75, 3.05) is 32.8 Å². The molecular weight excluding hydrogens is 655 g/mol. The van der Waals surface area contributed by atoms with E-state index in [-0.39, 0.29) is 6.61 Å². The average molecular weight is 754 g/mol. The molecule has 0 aliphatic carbocycles. The van der Waals surface area contributed by atoms with Crippen LogP contribution in [0.25, 0.3) is 0 Å². The number of nitrogens with zero attached hydrogens (tertiary/aromatic N) is 1. The molecule has 0 rings (SSSR count). The molecule has 0 aliphatic rings. The number of rotatable bonds is 45. The number of hydrogen-bond acceptors (Lipinski definition) is 5. The first-order valence-electron chi connectivity index (χ1n) is 24.3. The van der Waals surface area contributed by atoms with Crippen molar-refractivity contribution in [3.63, 3.8) is 0 Å². The minimum atomic E-state index is -0.599. The molecule has 5 nitrogen and oxygen atoms in total. The summed E-state index contributed by atoms with van der Waals surface area (Å²) in [6, 6.07) is 0. The van der Waals surface area contributed by atoms with Crippen LogP contribution in [0.1, 0.15) is 253 Å². The Hall–Kier alpha value is -0.200. The molecule has 0 heterocycles. The van der Waals surface area contributed by atoms with E-state index in [9.17, 15) is 10.2 Å². The van der Waals surface area contributed by atoms with Gasteiger partial charge in [-0.05, 0) is 83.7 Å². The van der Waals surface area contributed by atoms with Gasteiger partial charge in [-0.2, -0.15) is 0 Å². The van der Waals surface area contributed by atoms with Crippen LogP contribution >= 0.6 is 0 Å². The van der Waals surface area contributed by atoms with Crippen molar-refractivity contribution < 1.29 is 19.7 Å². The van der Waals surface area contributed by atoms with Crippen molar-refractivity contribution in [1.29, 1.82) is 0 Å². The largest absolute Gasteiger partial charge is 0.395 e. The second kappa shape index (κ2) is 42.9. The molecule has 0 bridgehead atoms. The van der Waals surface area contributed by atoms with E-state index in [1.54, 1.807) is 0 Å². The van der Waals surface area contributed by atoms with Gasteiger partial charge in [0.1, 0.15) is 0 Å². The summed E-state index contributed by atoms with van der Waals surface area (Å²) < 4.78 is 12.5. The highest BCUT2D eigenvalue weighted by Crippen LogP contribution is 2.21. The second-order valence-electron chi connectivity index (χ2n) is 17.0. The van der Waals surface area contributed by atoms with Gasteiger partial charge in [0.05, 0.1) is 25.4 Å². The van der Waals surface area contributed by atoms with Crippen molar-refractivity contribution in [3.05, 3.63) is 0 Å². The maximum Gasteiger partial charge on any atom is 0.154 e. The minimum absolute atomic E-state index is 0.256. The number of unbranched alkanes of at least 4 members (excludes halogenated alkanes) is 22. The molecule has 0 spiro atoms. The Morgan fingerprint density at radius 2 is 0.849 bits per heavy atom. The molecule has 0 aromatic rings. The van der Waals surface area contributed by atoms with Gasteiger partial charge in [-0.15, -0.1) is 0 Å². The third kappa shape index (κ3) is 38.5. The lowest BCUT2D eigenvalue weighted by atomic mass is 9.97. The van der Waals surface area contributed by atoms with Crippen molar-refractivity contribution >= 4 is 0 Å². The molecule has 53 heavy (non-hydrogen) atoms. The predicted octanol–water partition coefficient (Wildman–Crippen LogP) is 14.3. The van der Waals surface area contributed by atoms with Crippen molar-refractivity contribution in [3.8, 4) is 0 Å². The fraction of sp³-hybridized carbons (Fsp3) is 1.00. The predicted molar refractivity (Wildman–Crippen MR) is 233 cm³/mol. The molecule has 0 aromatic heterocycles. The van der Waals surface area contributed by atoms with Gasteiger partial charge in [0.2, 0.25) is 0 Å². The molecular formula is C48H99NO4. The summed E-state index contributed by atoms with van der Waals surface area (Å²) in [5, 5.41) is 20.0. The standard InChI is InChI=1S/C48H99NO4/c1-6-10-13-16-22-29-37-47(38-30-23-17-14-11-7-2)53-45(5)35-27-21-18-25-32-40-49(42-43-50)41-33-26-19-24-31-39-48(51)52-44-46(34-9-4)36-28-20-15-12-8-3/h45-48,50-51H,6-44H2,1-5H3. The Morgan fingerprint density at radius 1 is 0.434 bits per heavy atom. The van der Waals surface area contributed by atoms with E-state index in [1.807, 2.05) is 0 Å². The number of aliphatic hydroxyl groups is 2. The summed E-state index contributed by atoms with van der Waals surface area (Å²) in [7, 11) is 0. The van der Waals surface area contributed by atoms with Crippen LogP contribution in [0, 0.1) is 5.92 Å². The van der Waals surface area contributed by atoms with Gasteiger partial charge < -0.3 is 24.6 Å². The first-order chi connectivity index (χ1) is 26.0. The lowest BCUT2D eigenvalue weighted by Gasteiger charge is -2.23. The lowest BCUT2D eigenvalue weighted by Crippen LogP contribution is -2.29. The Morgan fingerprint density at radius 3 is 1.32 bits per heavy atom. The van der Waals surface area contributed by atoms with Crippen molar-refractivity contribution in [2.24, 2.45) is 5.92 Å². The van der Waals surface area contributed by atoms with Crippen molar-refractivity contribution in [1.82, 2.24) is 4.90 Å². The molecule has 3 unspecified atom stereocenters. The molecule has 0 radical (unpaired) electrons. The maximum atomic E-state index is 10.4. The number of aliphatic hydroxyl groups excluding tert-OH is 2. The van der Waals surface area contributed by atoms with E-state index in [0.717, 1.165) is 39.1 Å². The van der Waals surface area contributed by atoms with E-state index in [4.69, 9.17) is 9.47 Å². The van der Waals surface area contributed by atoms with E-state index >= 15 is 0 Å². The van der Waals surface area contributed by atoms with Gasteiger partial charge in [-0.25, -0.2) is 0 Å². The van der Waals surface area contributed by atoms with Gasteiger partial charge >= 0.3 is 0 Å². The third-order valence-corrected chi connectivity index (χ3v) is 11.5. The molecule has 0 amide bonds. The second-order valence-corrected chi connectivity index (χ2v) is 17.0. The van der Waals surface area contributed by atoms with E-state index in [1.165, 1.54) is 205 Å². The highest BCUT2D eigenvalue weighted by Gasteiger charge is 2.14. The zero-order valence-electron chi connectivity index (χ0n) is 37.0.